The van der Waals surface area contributed by atoms with Crippen molar-refractivity contribution in [1.82, 2.24) is 10.3 Å². The summed E-state index contributed by atoms with van der Waals surface area (Å²) in [5.74, 6) is 1.07. The smallest absolute Gasteiger partial charge is 0.408 e. The van der Waals surface area contributed by atoms with Crippen LogP contribution in [0, 0.1) is 6.92 Å². The molecule has 0 spiro atoms. The molecule has 3 heterocycles. The van der Waals surface area contributed by atoms with E-state index in [9.17, 15) is 14.4 Å². The Morgan fingerprint density at radius 2 is 1.76 bits per heavy atom. The highest BCUT2D eigenvalue weighted by Crippen LogP contribution is 2.35. The molecule has 0 unspecified atom stereocenters. The highest BCUT2D eigenvalue weighted by molar-refractivity contribution is 5.88. The van der Waals surface area contributed by atoms with Crippen LogP contribution < -0.4 is 25.0 Å². The zero-order valence-corrected chi connectivity index (χ0v) is 25.5. The number of carbonyl (C=O) groups excluding carboxylic acids is 2. The molecule has 1 aliphatic heterocycles. The van der Waals surface area contributed by atoms with Crippen LogP contribution in [0.3, 0.4) is 0 Å². The third kappa shape index (κ3) is 6.50. The maximum atomic E-state index is 13.6. The van der Waals surface area contributed by atoms with Gasteiger partial charge in [0.15, 0.2) is 11.5 Å². The second-order valence-electron chi connectivity index (χ2n) is 11.9. The Kier molecular flexibility index (Phi) is 7.97. The normalized spacial score (nSPS) is 13.7. The van der Waals surface area contributed by atoms with Crippen molar-refractivity contribution in [1.29, 1.82) is 0 Å². The number of para-hydroxylation sites is 1. The maximum Gasteiger partial charge on any atom is 0.408 e. The number of H-pyrrole nitrogens is 1. The fourth-order valence-corrected chi connectivity index (χ4v) is 5.35. The van der Waals surface area contributed by atoms with Gasteiger partial charge in [-0.25, -0.2) is 9.59 Å². The number of alkyl carbamates (subject to hydrolysis) is 1. The maximum absolute atomic E-state index is 13.6. The summed E-state index contributed by atoms with van der Waals surface area (Å²) in [6.07, 6.45) is 1.99. The van der Waals surface area contributed by atoms with E-state index in [2.05, 4.69) is 10.3 Å². The van der Waals surface area contributed by atoms with Gasteiger partial charge in [0.25, 0.3) is 0 Å². The molecule has 6 rings (SSSR count). The van der Waals surface area contributed by atoms with Crippen LogP contribution in [0.2, 0.25) is 0 Å². The molecule has 2 aromatic heterocycles. The summed E-state index contributed by atoms with van der Waals surface area (Å²) in [6, 6.07) is 16.6. The first-order valence-corrected chi connectivity index (χ1v) is 14.8. The summed E-state index contributed by atoms with van der Waals surface area (Å²) in [7, 11) is 0. The van der Waals surface area contributed by atoms with Gasteiger partial charge < -0.3 is 33.7 Å². The molecule has 1 atom stereocenters. The molecular weight excluding hydrogens is 576 g/mol. The lowest BCUT2D eigenvalue weighted by molar-refractivity contribution is -0.136. The number of fused-ring (bicyclic) bond motifs is 3. The van der Waals surface area contributed by atoms with Crippen molar-refractivity contribution >= 4 is 33.9 Å². The van der Waals surface area contributed by atoms with E-state index >= 15 is 0 Å². The minimum atomic E-state index is -1.06. The minimum Gasteiger partial charge on any atom is -0.490 e. The highest BCUT2D eigenvalue weighted by Gasteiger charge is 2.28. The first-order chi connectivity index (χ1) is 21.6. The third-order valence-electron chi connectivity index (χ3n) is 7.37. The summed E-state index contributed by atoms with van der Waals surface area (Å²) < 4.78 is 28.8. The number of esters is 1. The van der Waals surface area contributed by atoms with Crippen molar-refractivity contribution in [2.45, 2.75) is 52.2 Å². The number of aromatic amines is 1. The lowest BCUT2D eigenvalue weighted by Crippen LogP contribution is -2.46. The first kappa shape index (κ1) is 29.8. The number of hydrogen-bond acceptors (Lipinski definition) is 8. The molecule has 0 saturated heterocycles. The molecule has 0 radical (unpaired) electrons. The van der Waals surface area contributed by atoms with Crippen molar-refractivity contribution in [3.63, 3.8) is 0 Å². The Morgan fingerprint density at radius 3 is 2.56 bits per heavy atom. The highest BCUT2D eigenvalue weighted by atomic mass is 16.6. The number of benzene rings is 3. The van der Waals surface area contributed by atoms with Crippen LogP contribution in [0.4, 0.5) is 4.79 Å². The van der Waals surface area contributed by atoms with E-state index in [1.807, 2.05) is 24.3 Å². The Balaban J connectivity index is 1.27. The van der Waals surface area contributed by atoms with Gasteiger partial charge in [0, 0.05) is 36.0 Å². The fourth-order valence-electron chi connectivity index (χ4n) is 5.35. The van der Waals surface area contributed by atoms with E-state index < -0.39 is 23.7 Å². The van der Waals surface area contributed by atoms with E-state index in [-0.39, 0.29) is 23.2 Å². The molecule has 3 aromatic carbocycles. The summed E-state index contributed by atoms with van der Waals surface area (Å²) in [4.78, 5) is 43.0. The number of aromatic nitrogens is 1. The number of hydrogen-bond donors (Lipinski definition) is 2. The molecule has 0 saturated carbocycles. The number of nitrogens with one attached hydrogen (secondary N) is 2. The number of carbonyl (C=O) groups is 2. The van der Waals surface area contributed by atoms with Crippen LogP contribution in [-0.4, -0.2) is 41.9 Å². The zero-order valence-electron chi connectivity index (χ0n) is 25.5. The summed E-state index contributed by atoms with van der Waals surface area (Å²) in [5.41, 5.74) is 2.05. The number of amides is 1. The molecule has 1 aliphatic rings. The van der Waals surface area contributed by atoms with Crippen LogP contribution in [-0.2, 0) is 16.0 Å². The summed E-state index contributed by atoms with van der Waals surface area (Å²) in [6.45, 7) is 8.02. The van der Waals surface area contributed by atoms with Gasteiger partial charge >= 0.3 is 12.1 Å². The van der Waals surface area contributed by atoms with E-state index in [1.54, 1.807) is 58.2 Å². The molecule has 10 heteroatoms. The fraction of sp³-hybridized carbons (Fsp3) is 0.286. The van der Waals surface area contributed by atoms with E-state index in [0.717, 1.165) is 22.9 Å². The molecular formula is C35H34N2O8. The molecule has 0 aliphatic carbocycles. The summed E-state index contributed by atoms with van der Waals surface area (Å²) in [5, 5.41) is 3.91. The predicted molar refractivity (Wildman–Crippen MR) is 169 cm³/mol. The number of aryl methyl sites for hydroxylation is 1. The van der Waals surface area contributed by atoms with Gasteiger partial charge in [-0.15, -0.1) is 0 Å². The van der Waals surface area contributed by atoms with E-state index in [0.29, 0.717) is 47.0 Å². The third-order valence-corrected chi connectivity index (χ3v) is 7.37. The Hall–Kier alpha value is -5.25. The van der Waals surface area contributed by atoms with Crippen LogP contribution in [0.1, 0.15) is 38.5 Å². The number of rotatable bonds is 6. The van der Waals surface area contributed by atoms with Gasteiger partial charge in [0.1, 0.15) is 28.7 Å². The number of ether oxygens (including phenoxy) is 4. The molecule has 0 fully saturated rings. The largest absolute Gasteiger partial charge is 0.490 e. The van der Waals surface area contributed by atoms with Gasteiger partial charge in [0.2, 0.25) is 5.43 Å². The predicted octanol–water partition coefficient (Wildman–Crippen LogP) is 6.45. The van der Waals surface area contributed by atoms with Crippen molar-refractivity contribution in [2.24, 2.45) is 0 Å². The molecule has 1 amide bonds. The van der Waals surface area contributed by atoms with Gasteiger partial charge in [-0.3, -0.25) is 4.79 Å². The van der Waals surface area contributed by atoms with Gasteiger partial charge in [0.05, 0.1) is 24.2 Å². The SMILES string of the molecule is Cc1oc2cc(OC(=O)[C@@H](Cc3c[nH]c4ccccc34)NC(=O)OC(C)(C)C)ccc2c(=O)c1-c1ccc2c(c1)OCCCO2. The van der Waals surface area contributed by atoms with Crippen LogP contribution in [0.15, 0.2) is 76.1 Å². The molecule has 232 valence electrons. The Bertz CT molecular complexity index is 1970. The van der Waals surface area contributed by atoms with Crippen molar-refractivity contribution < 1.29 is 33.0 Å². The van der Waals surface area contributed by atoms with Crippen LogP contribution in [0.5, 0.6) is 17.2 Å². The average Bonchev–Trinajstić information content (AvgIpc) is 3.23. The van der Waals surface area contributed by atoms with E-state index in [1.165, 1.54) is 12.1 Å². The lowest BCUT2D eigenvalue weighted by Gasteiger charge is -2.23. The second-order valence-corrected chi connectivity index (χ2v) is 11.9. The standard InChI is InChI=1S/C35H34N2O8/c1-20-31(21-10-13-28-30(17-21)42-15-7-14-41-28)32(38)25-12-11-23(18-29(25)43-20)44-33(39)27(37-34(40)45-35(2,3)4)16-22-19-36-26-9-6-5-8-24(22)26/h5-6,8-13,17-19,27,36H,7,14-16H2,1-4H3,(H,37,40)/t27-/m1/s1. The topological polar surface area (TPSA) is 129 Å². The second kappa shape index (κ2) is 12.0. The zero-order chi connectivity index (χ0) is 31.7. The van der Waals surface area contributed by atoms with E-state index in [4.69, 9.17) is 23.4 Å². The molecule has 0 bridgehead atoms. The molecule has 10 nitrogen and oxygen atoms in total. The first-order valence-electron chi connectivity index (χ1n) is 14.8. The molecule has 2 N–H and O–H groups in total. The van der Waals surface area contributed by atoms with Crippen molar-refractivity contribution in [2.75, 3.05) is 13.2 Å². The minimum absolute atomic E-state index is 0.156. The molecule has 5 aromatic rings. The Labute approximate surface area is 259 Å². The van der Waals surface area contributed by atoms with Gasteiger partial charge in [-0.1, -0.05) is 24.3 Å². The quantitative estimate of drug-likeness (QED) is 0.166. The monoisotopic (exact) mass is 610 g/mol. The van der Waals surface area contributed by atoms with Gasteiger partial charge in [-0.05, 0) is 69.2 Å². The van der Waals surface area contributed by atoms with Crippen LogP contribution >= 0.6 is 0 Å². The lowest BCUT2D eigenvalue weighted by atomic mass is 10.0. The van der Waals surface area contributed by atoms with Gasteiger partial charge in [-0.2, -0.15) is 0 Å². The Morgan fingerprint density at radius 1 is 0.978 bits per heavy atom. The average molecular weight is 611 g/mol. The molecule has 45 heavy (non-hydrogen) atoms. The van der Waals surface area contributed by atoms with Crippen molar-refractivity contribution in [3.05, 3.63) is 88.4 Å². The summed E-state index contributed by atoms with van der Waals surface area (Å²) >= 11 is 0. The van der Waals surface area contributed by atoms with Crippen LogP contribution in [0.25, 0.3) is 33.0 Å². The van der Waals surface area contributed by atoms with Crippen molar-refractivity contribution in [3.8, 4) is 28.4 Å².